The highest BCUT2D eigenvalue weighted by atomic mass is 79.9. The molecule has 2 rings (SSSR count). The standard InChI is InChI=1S/C14H17BrN2S/c1-3-16-13(8-14-12(15)6-7-18-14)11-5-4-10(2)17-9-11/h4-7,9,13,16H,3,8H2,1-2H3. The van der Waals surface area contributed by atoms with E-state index >= 15 is 0 Å². The third-order valence-electron chi connectivity index (χ3n) is 2.87. The molecule has 0 saturated heterocycles. The summed E-state index contributed by atoms with van der Waals surface area (Å²) >= 11 is 5.39. The Balaban J connectivity index is 2.18. The number of aromatic nitrogens is 1. The summed E-state index contributed by atoms with van der Waals surface area (Å²) in [5.41, 5.74) is 2.31. The normalized spacial score (nSPS) is 12.6. The fourth-order valence-electron chi connectivity index (χ4n) is 1.90. The van der Waals surface area contributed by atoms with Gasteiger partial charge in [0.25, 0.3) is 0 Å². The summed E-state index contributed by atoms with van der Waals surface area (Å²) in [5.74, 6) is 0. The van der Waals surface area contributed by atoms with Gasteiger partial charge in [-0.1, -0.05) is 13.0 Å². The number of likely N-dealkylation sites (N-methyl/N-ethyl adjacent to an activating group) is 1. The van der Waals surface area contributed by atoms with Crippen molar-refractivity contribution in [3.63, 3.8) is 0 Å². The number of aryl methyl sites for hydroxylation is 1. The van der Waals surface area contributed by atoms with Gasteiger partial charge < -0.3 is 5.32 Å². The molecular weight excluding hydrogens is 308 g/mol. The molecule has 0 amide bonds. The number of hydrogen-bond acceptors (Lipinski definition) is 3. The Morgan fingerprint density at radius 2 is 2.22 bits per heavy atom. The molecule has 1 N–H and O–H groups in total. The van der Waals surface area contributed by atoms with Crippen LogP contribution in [0.15, 0.2) is 34.2 Å². The molecule has 2 nitrogen and oxygen atoms in total. The summed E-state index contributed by atoms with van der Waals surface area (Å²) in [6.45, 7) is 5.11. The Bertz CT molecular complexity index is 493. The van der Waals surface area contributed by atoms with Crippen LogP contribution in [0, 0.1) is 6.92 Å². The van der Waals surface area contributed by atoms with Crippen molar-refractivity contribution in [3.05, 3.63) is 50.4 Å². The molecule has 0 aromatic carbocycles. The number of hydrogen-bond donors (Lipinski definition) is 1. The number of nitrogens with one attached hydrogen (secondary N) is 1. The largest absolute Gasteiger partial charge is 0.310 e. The second kappa shape index (κ2) is 6.45. The fraction of sp³-hybridized carbons (Fsp3) is 0.357. The van der Waals surface area contributed by atoms with E-state index in [0.29, 0.717) is 6.04 Å². The van der Waals surface area contributed by atoms with Crippen LogP contribution in [0.1, 0.15) is 29.1 Å². The van der Waals surface area contributed by atoms with Crippen LogP contribution in [0.4, 0.5) is 0 Å². The first-order valence-corrected chi connectivity index (χ1v) is 7.75. The lowest BCUT2D eigenvalue weighted by Gasteiger charge is -2.17. The second-order valence-electron chi connectivity index (χ2n) is 4.24. The van der Waals surface area contributed by atoms with E-state index in [1.54, 1.807) is 11.3 Å². The maximum absolute atomic E-state index is 4.39. The first-order valence-electron chi connectivity index (χ1n) is 6.08. The first kappa shape index (κ1) is 13.7. The zero-order valence-corrected chi connectivity index (χ0v) is 13.0. The predicted molar refractivity (Wildman–Crippen MR) is 81.1 cm³/mol. The minimum absolute atomic E-state index is 0.332. The van der Waals surface area contributed by atoms with Gasteiger partial charge in [0.05, 0.1) is 0 Å². The molecular formula is C14H17BrN2S. The van der Waals surface area contributed by atoms with Crippen LogP contribution in [0.3, 0.4) is 0 Å². The Kier molecular flexibility index (Phi) is 4.92. The average Bonchev–Trinajstić information content (AvgIpc) is 2.76. The van der Waals surface area contributed by atoms with Gasteiger partial charge in [-0.3, -0.25) is 4.98 Å². The van der Waals surface area contributed by atoms with Crippen molar-refractivity contribution in [2.45, 2.75) is 26.3 Å². The van der Waals surface area contributed by atoms with Crippen LogP contribution in [0.5, 0.6) is 0 Å². The Morgan fingerprint density at radius 3 is 2.78 bits per heavy atom. The lowest BCUT2D eigenvalue weighted by molar-refractivity contribution is 0.551. The van der Waals surface area contributed by atoms with Gasteiger partial charge in [-0.2, -0.15) is 0 Å². The number of pyridine rings is 1. The molecule has 0 aliphatic carbocycles. The number of halogens is 1. The smallest absolute Gasteiger partial charge is 0.0384 e. The Morgan fingerprint density at radius 1 is 1.39 bits per heavy atom. The van der Waals surface area contributed by atoms with Crippen molar-refractivity contribution in [2.75, 3.05) is 6.54 Å². The SMILES string of the molecule is CCNC(Cc1sccc1Br)c1ccc(C)nc1. The highest BCUT2D eigenvalue weighted by Crippen LogP contribution is 2.28. The number of rotatable bonds is 5. The summed E-state index contributed by atoms with van der Waals surface area (Å²) in [7, 11) is 0. The molecule has 0 aliphatic rings. The molecule has 0 spiro atoms. The van der Waals surface area contributed by atoms with E-state index in [1.807, 2.05) is 13.1 Å². The van der Waals surface area contributed by atoms with Crippen molar-refractivity contribution in [1.82, 2.24) is 10.3 Å². The molecule has 96 valence electrons. The van der Waals surface area contributed by atoms with Crippen LogP contribution in [-0.2, 0) is 6.42 Å². The fourth-order valence-corrected chi connectivity index (χ4v) is 3.46. The molecule has 0 aliphatic heterocycles. The third-order valence-corrected chi connectivity index (χ3v) is 4.82. The van der Waals surface area contributed by atoms with Gasteiger partial charge in [-0.05, 0) is 52.5 Å². The van der Waals surface area contributed by atoms with Gasteiger partial charge in [-0.15, -0.1) is 11.3 Å². The van der Waals surface area contributed by atoms with E-state index in [0.717, 1.165) is 18.7 Å². The van der Waals surface area contributed by atoms with E-state index in [2.05, 4.69) is 56.7 Å². The van der Waals surface area contributed by atoms with Gasteiger partial charge in [0.2, 0.25) is 0 Å². The minimum atomic E-state index is 0.332. The van der Waals surface area contributed by atoms with Crippen LogP contribution in [0.25, 0.3) is 0 Å². The zero-order valence-electron chi connectivity index (χ0n) is 10.6. The topological polar surface area (TPSA) is 24.9 Å². The molecule has 1 atom stereocenters. The summed E-state index contributed by atoms with van der Waals surface area (Å²) in [6, 6.07) is 6.68. The Labute approximate surface area is 121 Å². The van der Waals surface area contributed by atoms with E-state index in [4.69, 9.17) is 0 Å². The first-order chi connectivity index (χ1) is 8.70. The molecule has 0 radical (unpaired) electrons. The van der Waals surface area contributed by atoms with Gasteiger partial charge in [0.15, 0.2) is 0 Å². The van der Waals surface area contributed by atoms with Crippen LogP contribution < -0.4 is 5.32 Å². The van der Waals surface area contributed by atoms with Crippen LogP contribution in [-0.4, -0.2) is 11.5 Å². The predicted octanol–water partition coefficient (Wildman–Crippen LogP) is 4.11. The number of nitrogens with zero attached hydrogens (tertiary/aromatic N) is 1. The molecule has 0 fully saturated rings. The van der Waals surface area contributed by atoms with E-state index in [1.165, 1.54) is 14.9 Å². The molecule has 2 aromatic rings. The van der Waals surface area contributed by atoms with Crippen molar-refractivity contribution >= 4 is 27.3 Å². The zero-order chi connectivity index (χ0) is 13.0. The molecule has 4 heteroatoms. The number of thiophene rings is 1. The highest BCUT2D eigenvalue weighted by molar-refractivity contribution is 9.10. The van der Waals surface area contributed by atoms with Crippen molar-refractivity contribution < 1.29 is 0 Å². The van der Waals surface area contributed by atoms with Crippen molar-refractivity contribution in [1.29, 1.82) is 0 Å². The summed E-state index contributed by atoms with van der Waals surface area (Å²) < 4.78 is 1.20. The van der Waals surface area contributed by atoms with Gasteiger partial charge >= 0.3 is 0 Å². The van der Waals surface area contributed by atoms with Gasteiger partial charge in [0.1, 0.15) is 0 Å². The van der Waals surface area contributed by atoms with E-state index in [-0.39, 0.29) is 0 Å². The monoisotopic (exact) mass is 324 g/mol. The maximum Gasteiger partial charge on any atom is 0.0384 e. The molecule has 1 unspecified atom stereocenters. The van der Waals surface area contributed by atoms with Crippen LogP contribution in [0.2, 0.25) is 0 Å². The molecule has 2 heterocycles. The highest BCUT2D eigenvalue weighted by Gasteiger charge is 2.14. The molecule has 18 heavy (non-hydrogen) atoms. The summed E-state index contributed by atoms with van der Waals surface area (Å²) in [4.78, 5) is 5.76. The van der Waals surface area contributed by atoms with E-state index in [9.17, 15) is 0 Å². The lowest BCUT2D eigenvalue weighted by atomic mass is 10.0. The minimum Gasteiger partial charge on any atom is -0.310 e. The molecule has 2 aromatic heterocycles. The van der Waals surface area contributed by atoms with Gasteiger partial charge in [0, 0.05) is 33.7 Å². The second-order valence-corrected chi connectivity index (χ2v) is 6.09. The summed E-state index contributed by atoms with van der Waals surface area (Å²) in [5, 5.41) is 5.65. The Hall–Kier alpha value is -0.710. The van der Waals surface area contributed by atoms with Gasteiger partial charge in [-0.25, -0.2) is 0 Å². The van der Waals surface area contributed by atoms with Crippen LogP contribution >= 0.6 is 27.3 Å². The lowest BCUT2D eigenvalue weighted by Crippen LogP contribution is -2.22. The summed E-state index contributed by atoms with van der Waals surface area (Å²) in [6.07, 6.45) is 2.97. The third kappa shape index (κ3) is 3.40. The van der Waals surface area contributed by atoms with Crippen molar-refractivity contribution in [3.8, 4) is 0 Å². The molecule has 0 saturated carbocycles. The van der Waals surface area contributed by atoms with E-state index < -0.39 is 0 Å². The molecule has 0 bridgehead atoms. The maximum atomic E-state index is 4.39. The quantitative estimate of drug-likeness (QED) is 0.895. The average molecular weight is 325 g/mol. The van der Waals surface area contributed by atoms with Crippen molar-refractivity contribution in [2.24, 2.45) is 0 Å².